The molecule has 0 aromatic heterocycles. The highest BCUT2D eigenvalue weighted by Crippen LogP contribution is 2.39. The molecule has 1 atom stereocenters. The van der Waals surface area contributed by atoms with Gasteiger partial charge in [-0.3, -0.25) is 4.79 Å². The summed E-state index contributed by atoms with van der Waals surface area (Å²) in [4.78, 5) is 11.8. The Labute approximate surface area is 106 Å². The number of rotatable bonds is 7. The highest BCUT2D eigenvalue weighted by molar-refractivity contribution is 5.76. The number of amides is 1. The van der Waals surface area contributed by atoms with E-state index in [0.717, 1.165) is 13.0 Å². The van der Waals surface area contributed by atoms with Crippen molar-refractivity contribution in [3.63, 3.8) is 0 Å². The molecule has 0 bridgehead atoms. The second-order valence-corrected chi connectivity index (χ2v) is 6.38. The van der Waals surface area contributed by atoms with Crippen LogP contribution in [0.4, 0.5) is 0 Å². The number of carbonyl (C=O) groups is 1. The van der Waals surface area contributed by atoms with Crippen molar-refractivity contribution < 1.29 is 4.79 Å². The summed E-state index contributed by atoms with van der Waals surface area (Å²) in [7, 11) is 0. The molecule has 0 spiro atoms. The van der Waals surface area contributed by atoms with E-state index >= 15 is 0 Å². The predicted octanol–water partition coefficient (Wildman–Crippen LogP) is 2.30. The maximum absolute atomic E-state index is 11.8. The van der Waals surface area contributed by atoms with E-state index in [1.165, 1.54) is 19.3 Å². The maximum atomic E-state index is 11.8. The average Bonchev–Trinajstić information content (AvgIpc) is 2.22. The molecule has 3 N–H and O–H groups in total. The first kappa shape index (κ1) is 14.5. The average molecular weight is 240 g/mol. The van der Waals surface area contributed by atoms with Gasteiger partial charge in [-0.2, -0.15) is 0 Å². The van der Waals surface area contributed by atoms with E-state index in [4.69, 9.17) is 5.73 Å². The van der Waals surface area contributed by atoms with Gasteiger partial charge >= 0.3 is 0 Å². The summed E-state index contributed by atoms with van der Waals surface area (Å²) in [6.07, 6.45) is 5.44. The van der Waals surface area contributed by atoms with Crippen LogP contribution in [0.2, 0.25) is 0 Å². The summed E-state index contributed by atoms with van der Waals surface area (Å²) in [6.45, 7) is 8.06. The lowest BCUT2D eigenvalue weighted by atomic mass is 9.70. The number of nitrogens with one attached hydrogen (secondary N) is 1. The molecule has 1 fully saturated rings. The van der Waals surface area contributed by atoms with Gasteiger partial charge in [0.2, 0.25) is 5.91 Å². The van der Waals surface area contributed by atoms with Gasteiger partial charge in [-0.15, -0.1) is 0 Å². The molecule has 0 aromatic rings. The standard InChI is InChI=1S/C14H28N2O/c1-11(2)7-12(9-15)8-13(17)16-10-14(3)5-4-6-14/h11-12H,4-10,15H2,1-3H3,(H,16,17). The fourth-order valence-electron chi connectivity index (χ4n) is 2.53. The van der Waals surface area contributed by atoms with Crippen LogP contribution in [0.5, 0.6) is 0 Å². The summed E-state index contributed by atoms with van der Waals surface area (Å²) in [5, 5.41) is 3.07. The normalized spacial score (nSPS) is 19.8. The van der Waals surface area contributed by atoms with Crippen LogP contribution in [-0.2, 0) is 4.79 Å². The first-order valence-corrected chi connectivity index (χ1v) is 6.92. The Bertz CT molecular complexity index is 247. The van der Waals surface area contributed by atoms with Crippen LogP contribution in [0.1, 0.15) is 52.9 Å². The van der Waals surface area contributed by atoms with Crippen molar-refractivity contribution in [2.24, 2.45) is 23.0 Å². The molecule has 1 unspecified atom stereocenters. The van der Waals surface area contributed by atoms with Crippen LogP contribution in [0.15, 0.2) is 0 Å². The van der Waals surface area contributed by atoms with Crippen molar-refractivity contribution in [1.82, 2.24) is 5.32 Å². The van der Waals surface area contributed by atoms with E-state index in [1.54, 1.807) is 0 Å². The van der Waals surface area contributed by atoms with Crippen molar-refractivity contribution >= 4 is 5.91 Å². The molecule has 1 rings (SSSR count). The molecule has 17 heavy (non-hydrogen) atoms. The van der Waals surface area contributed by atoms with Gasteiger partial charge in [0, 0.05) is 13.0 Å². The zero-order valence-corrected chi connectivity index (χ0v) is 11.6. The SMILES string of the molecule is CC(C)CC(CN)CC(=O)NCC1(C)CCC1. The molecule has 100 valence electrons. The Kier molecular flexibility index (Phi) is 5.44. The third-order valence-electron chi connectivity index (χ3n) is 3.89. The van der Waals surface area contributed by atoms with Gasteiger partial charge in [-0.25, -0.2) is 0 Å². The second kappa shape index (κ2) is 6.39. The first-order chi connectivity index (χ1) is 7.95. The van der Waals surface area contributed by atoms with Crippen molar-refractivity contribution in [3.8, 4) is 0 Å². The molecule has 0 radical (unpaired) electrons. The Morgan fingerprint density at radius 1 is 1.41 bits per heavy atom. The summed E-state index contributed by atoms with van der Waals surface area (Å²) >= 11 is 0. The van der Waals surface area contributed by atoms with E-state index in [2.05, 4.69) is 26.1 Å². The fourth-order valence-corrected chi connectivity index (χ4v) is 2.53. The Morgan fingerprint density at radius 3 is 2.47 bits per heavy atom. The van der Waals surface area contributed by atoms with Crippen LogP contribution < -0.4 is 11.1 Å². The van der Waals surface area contributed by atoms with Gasteiger partial charge < -0.3 is 11.1 Å². The fraction of sp³-hybridized carbons (Fsp3) is 0.929. The van der Waals surface area contributed by atoms with E-state index in [1.807, 2.05) is 0 Å². The number of hydrogen-bond acceptors (Lipinski definition) is 2. The molecule has 0 saturated heterocycles. The largest absolute Gasteiger partial charge is 0.356 e. The molecule has 1 saturated carbocycles. The third kappa shape index (κ3) is 5.07. The minimum atomic E-state index is 0.175. The zero-order chi connectivity index (χ0) is 12.9. The van der Waals surface area contributed by atoms with Gasteiger partial charge in [-0.05, 0) is 43.1 Å². The van der Waals surface area contributed by atoms with Crippen LogP contribution in [0, 0.1) is 17.3 Å². The van der Waals surface area contributed by atoms with E-state index in [-0.39, 0.29) is 5.91 Å². The topological polar surface area (TPSA) is 55.1 Å². The van der Waals surface area contributed by atoms with Crippen LogP contribution in [0.25, 0.3) is 0 Å². The van der Waals surface area contributed by atoms with Gasteiger partial charge in [0.1, 0.15) is 0 Å². The first-order valence-electron chi connectivity index (χ1n) is 6.92. The molecular weight excluding hydrogens is 212 g/mol. The minimum Gasteiger partial charge on any atom is -0.356 e. The lowest BCUT2D eigenvalue weighted by Crippen LogP contribution is -2.40. The molecule has 1 amide bonds. The van der Waals surface area contributed by atoms with Crippen LogP contribution in [-0.4, -0.2) is 19.0 Å². The Morgan fingerprint density at radius 2 is 2.06 bits per heavy atom. The maximum Gasteiger partial charge on any atom is 0.220 e. The minimum absolute atomic E-state index is 0.175. The molecule has 1 aliphatic carbocycles. The van der Waals surface area contributed by atoms with Gasteiger partial charge in [0.25, 0.3) is 0 Å². The number of carbonyl (C=O) groups excluding carboxylic acids is 1. The number of hydrogen-bond donors (Lipinski definition) is 2. The van der Waals surface area contributed by atoms with E-state index < -0.39 is 0 Å². The highest BCUT2D eigenvalue weighted by atomic mass is 16.1. The lowest BCUT2D eigenvalue weighted by Gasteiger charge is -2.38. The lowest BCUT2D eigenvalue weighted by molar-refractivity contribution is -0.122. The van der Waals surface area contributed by atoms with Gasteiger partial charge in [-0.1, -0.05) is 27.2 Å². The monoisotopic (exact) mass is 240 g/mol. The second-order valence-electron chi connectivity index (χ2n) is 6.38. The summed E-state index contributed by atoms with van der Waals surface area (Å²) < 4.78 is 0. The van der Waals surface area contributed by atoms with Crippen molar-refractivity contribution in [1.29, 1.82) is 0 Å². The van der Waals surface area contributed by atoms with Crippen molar-refractivity contribution in [2.75, 3.05) is 13.1 Å². The molecule has 1 aliphatic rings. The Balaban J connectivity index is 2.22. The van der Waals surface area contributed by atoms with Gasteiger partial charge in [0.15, 0.2) is 0 Å². The van der Waals surface area contributed by atoms with E-state index in [0.29, 0.717) is 30.2 Å². The zero-order valence-electron chi connectivity index (χ0n) is 11.6. The highest BCUT2D eigenvalue weighted by Gasteiger charge is 2.31. The summed E-state index contributed by atoms with van der Waals surface area (Å²) in [5.74, 6) is 1.12. The molecule has 0 heterocycles. The summed E-state index contributed by atoms with van der Waals surface area (Å²) in [5.41, 5.74) is 6.08. The molecule has 0 aliphatic heterocycles. The third-order valence-corrected chi connectivity index (χ3v) is 3.89. The van der Waals surface area contributed by atoms with Crippen molar-refractivity contribution in [2.45, 2.75) is 52.9 Å². The van der Waals surface area contributed by atoms with Crippen molar-refractivity contribution in [3.05, 3.63) is 0 Å². The molecule has 0 aromatic carbocycles. The smallest absolute Gasteiger partial charge is 0.220 e. The molecule has 3 nitrogen and oxygen atoms in total. The number of nitrogens with two attached hydrogens (primary N) is 1. The van der Waals surface area contributed by atoms with Crippen LogP contribution in [0.3, 0.4) is 0 Å². The van der Waals surface area contributed by atoms with E-state index in [9.17, 15) is 4.79 Å². The van der Waals surface area contributed by atoms with Gasteiger partial charge in [0.05, 0.1) is 0 Å². The summed E-state index contributed by atoms with van der Waals surface area (Å²) in [6, 6.07) is 0. The predicted molar refractivity (Wildman–Crippen MR) is 71.6 cm³/mol. The Hall–Kier alpha value is -0.570. The molecular formula is C14H28N2O. The molecule has 3 heteroatoms. The van der Waals surface area contributed by atoms with Crippen LogP contribution >= 0.6 is 0 Å². The quantitative estimate of drug-likeness (QED) is 0.717.